The van der Waals surface area contributed by atoms with Crippen LogP contribution in [-0.2, 0) is 14.3 Å². The first kappa shape index (κ1) is 25.4. The van der Waals surface area contributed by atoms with Gasteiger partial charge < -0.3 is 29.5 Å². The van der Waals surface area contributed by atoms with Crippen LogP contribution in [0.4, 0.5) is 4.79 Å². The van der Waals surface area contributed by atoms with E-state index in [0.29, 0.717) is 36.5 Å². The quantitative estimate of drug-likeness (QED) is 0.539. The number of ether oxygens (including phenoxy) is 3. The van der Waals surface area contributed by atoms with Crippen LogP contribution in [0, 0.1) is 5.92 Å². The normalized spacial score (nSPS) is 22.0. The zero-order chi connectivity index (χ0) is 25.9. The lowest BCUT2D eigenvalue weighted by atomic mass is 9.85. The molecule has 2 aliphatic rings. The summed E-state index contributed by atoms with van der Waals surface area (Å²) in [6.45, 7) is 8.49. The summed E-state index contributed by atoms with van der Waals surface area (Å²) in [6, 6.07) is 16.7. The number of nitrogens with zero attached hydrogens (tertiary/aromatic N) is 1. The summed E-state index contributed by atoms with van der Waals surface area (Å²) in [5, 5.41) is 13.4. The predicted molar refractivity (Wildman–Crippen MR) is 135 cm³/mol. The first-order chi connectivity index (χ1) is 17.1. The number of benzene rings is 2. The van der Waals surface area contributed by atoms with E-state index >= 15 is 0 Å². The van der Waals surface area contributed by atoms with Gasteiger partial charge in [-0.25, -0.2) is 9.59 Å². The standard InChI is InChI=1S/C28H34N2O6/c1-5-28(20-10-9-17-30(18-20)26(33)36-27(2,3)4)29-23(24(35-28)25(31)32)19-13-15-22(16-14-19)34-21-11-7-6-8-12-21/h6-8,11-16,20,29H,5,9-10,17-18H2,1-4H3,(H,31,32). The Morgan fingerprint density at radius 3 is 2.39 bits per heavy atom. The molecule has 1 fully saturated rings. The SMILES string of the molecule is CCC1(C2CCCN(C(=O)OC(C)(C)C)C2)NC(c2ccc(Oc3ccccc3)cc2)=C(C(=O)O)O1. The molecule has 1 amide bonds. The van der Waals surface area contributed by atoms with Crippen molar-refractivity contribution in [3.8, 4) is 11.5 Å². The lowest BCUT2D eigenvalue weighted by molar-refractivity contribution is -0.142. The fraction of sp³-hybridized carbons (Fsp3) is 0.429. The number of aliphatic carboxylic acids is 1. The Morgan fingerprint density at radius 1 is 1.11 bits per heavy atom. The first-order valence-corrected chi connectivity index (χ1v) is 12.4. The molecule has 2 N–H and O–H groups in total. The van der Waals surface area contributed by atoms with Gasteiger partial charge in [-0.1, -0.05) is 25.1 Å². The topological polar surface area (TPSA) is 97.3 Å². The number of carbonyl (C=O) groups excluding carboxylic acids is 1. The Bertz CT molecular complexity index is 1120. The van der Waals surface area contributed by atoms with Crippen molar-refractivity contribution in [2.75, 3.05) is 13.1 Å². The van der Waals surface area contributed by atoms with Gasteiger partial charge in [0, 0.05) is 31.0 Å². The fourth-order valence-electron chi connectivity index (χ4n) is 4.68. The van der Waals surface area contributed by atoms with Crippen LogP contribution in [0.25, 0.3) is 5.70 Å². The summed E-state index contributed by atoms with van der Waals surface area (Å²) in [5.41, 5.74) is -0.424. The highest BCUT2D eigenvalue weighted by molar-refractivity contribution is 5.95. The maximum absolute atomic E-state index is 12.7. The minimum atomic E-state index is -1.14. The number of amides is 1. The number of piperidine rings is 1. The summed E-state index contributed by atoms with van der Waals surface area (Å²) in [6.07, 6.45) is 1.73. The highest BCUT2D eigenvalue weighted by atomic mass is 16.6. The van der Waals surface area contributed by atoms with Crippen LogP contribution in [0.1, 0.15) is 52.5 Å². The zero-order valence-electron chi connectivity index (χ0n) is 21.2. The van der Waals surface area contributed by atoms with Gasteiger partial charge in [0.25, 0.3) is 0 Å². The van der Waals surface area contributed by atoms with Gasteiger partial charge in [0.05, 0.1) is 5.70 Å². The van der Waals surface area contributed by atoms with Crippen molar-refractivity contribution in [1.29, 1.82) is 0 Å². The van der Waals surface area contributed by atoms with E-state index in [-0.39, 0.29) is 17.8 Å². The molecule has 8 nitrogen and oxygen atoms in total. The van der Waals surface area contributed by atoms with Gasteiger partial charge >= 0.3 is 12.1 Å². The number of carbonyl (C=O) groups is 2. The molecule has 192 valence electrons. The molecule has 0 aliphatic carbocycles. The van der Waals surface area contributed by atoms with E-state index in [4.69, 9.17) is 14.2 Å². The van der Waals surface area contributed by atoms with Crippen molar-refractivity contribution < 1.29 is 28.9 Å². The van der Waals surface area contributed by atoms with Gasteiger partial charge in [0.1, 0.15) is 17.1 Å². The summed E-state index contributed by atoms with van der Waals surface area (Å²) in [7, 11) is 0. The van der Waals surface area contributed by atoms with E-state index in [1.807, 2.05) is 70.2 Å². The lowest BCUT2D eigenvalue weighted by Crippen LogP contribution is -2.55. The highest BCUT2D eigenvalue weighted by Crippen LogP contribution is 2.41. The molecule has 0 aromatic heterocycles. The number of hydrogen-bond acceptors (Lipinski definition) is 6. The predicted octanol–water partition coefficient (Wildman–Crippen LogP) is 5.61. The van der Waals surface area contributed by atoms with Crippen molar-refractivity contribution in [3.05, 3.63) is 65.9 Å². The second kappa shape index (κ2) is 10.1. The van der Waals surface area contributed by atoms with Crippen LogP contribution < -0.4 is 10.1 Å². The van der Waals surface area contributed by atoms with Crippen molar-refractivity contribution in [2.24, 2.45) is 5.92 Å². The van der Waals surface area contributed by atoms with Crippen LogP contribution >= 0.6 is 0 Å². The third-order valence-corrected chi connectivity index (χ3v) is 6.42. The van der Waals surface area contributed by atoms with Crippen LogP contribution in [0.2, 0.25) is 0 Å². The molecular formula is C28H34N2O6. The number of para-hydroxylation sites is 1. The Morgan fingerprint density at radius 2 is 1.78 bits per heavy atom. The third kappa shape index (κ3) is 5.58. The van der Waals surface area contributed by atoms with Crippen molar-refractivity contribution in [3.63, 3.8) is 0 Å². The van der Waals surface area contributed by atoms with Gasteiger partial charge in [-0.2, -0.15) is 0 Å². The molecule has 2 atom stereocenters. The number of likely N-dealkylation sites (tertiary alicyclic amines) is 1. The smallest absolute Gasteiger partial charge is 0.410 e. The molecule has 8 heteroatoms. The van der Waals surface area contributed by atoms with Crippen molar-refractivity contribution in [2.45, 2.75) is 58.3 Å². The van der Waals surface area contributed by atoms with E-state index in [1.54, 1.807) is 17.0 Å². The molecule has 2 heterocycles. The number of carboxylic acid groups (broad SMARTS) is 1. The van der Waals surface area contributed by atoms with Crippen LogP contribution in [0.5, 0.6) is 11.5 Å². The molecule has 0 saturated carbocycles. The molecule has 1 saturated heterocycles. The summed E-state index contributed by atoms with van der Waals surface area (Å²) >= 11 is 0. The largest absolute Gasteiger partial charge is 0.475 e. The maximum Gasteiger partial charge on any atom is 0.410 e. The van der Waals surface area contributed by atoms with E-state index in [9.17, 15) is 14.7 Å². The van der Waals surface area contributed by atoms with Crippen LogP contribution in [-0.4, -0.2) is 46.5 Å². The maximum atomic E-state index is 12.7. The zero-order valence-corrected chi connectivity index (χ0v) is 21.2. The molecule has 2 unspecified atom stereocenters. The molecule has 36 heavy (non-hydrogen) atoms. The number of hydrogen-bond donors (Lipinski definition) is 2. The third-order valence-electron chi connectivity index (χ3n) is 6.42. The monoisotopic (exact) mass is 494 g/mol. The van der Waals surface area contributed by atoms with Crippen LogP contribution in [0.3, 0.4) is 0 Å². The fourth-order valence-corrected chi connectivity index (χ4v) is 4.68. The van der Waals surface area contributed by atoms with Crippen molar-refractivity contribution in [1.82, 2.24) is 10.2 Å². The van der Waals surface area contributed by atoms with E-state index < -0.39 is 17.3 Å². The van der Waals surface area contributed by atoms with E-state index in [2.05, 4.69) is 5.32 Å². The average Bonchev–Trinajstić information content (AvgIpc) is 3.26. The van der Waals surface area contributed by atoms with E-state index in [0.717, 1.165) is 18.6 Å². The van der Waals surface area contributed by atoms with Gasteiger partial charge in [-0.15, -0.1) is 0 Å². The highest BCUT2D eigenvalue weighted by Gasteiger charge is 2.49. The number of carboxylic acids is 1. The van der Waals surface area contributed by atoms with E-state index in [1.165, 1.54) is 0 Å². The summed E-state index contributed by atoms with van der Waals surface area (Å²) in [5.74, 6) is -0.0187. The van der Waals surface area contributed by atoms with Gasteiger partial charge in [-0.05, 0) is 70.0 Å². The molecule has 0 bridgehead atoms. The number of rotatable bonds is 6. The first-order valence-electron chi connectivity index (χ1n) is 12.4. The minimum absolute atomic E-state index is 0.115. The molecule has 0 radical (unpaired) electrons. The molecule has 2 aromatic rings. The Kier molecular flexibility index (Phi) is 7.15. The summed E-state index contributed by atoms with van der Waals surface area (Å²) in [4.78, 5) is 26.6. The second-order valence-electron chi connectivity index (χ2n) is 10.2. The number of nitrogens with one attached hydrogen (secondary N) is 1. The van der Waals surface area contributed by atoms with Crippen LogP contribution in [0.15, 0.2) is 60.4 Å². The Hall–Kier alpha value is -3.68. The Balaban J connectivity index is 1.53. The van der Waals surface area contributed by atoms with Gasteiger partial charge in [0.15, 0.2) is 5.72 Å². The average molecular weight is 495 g/mol. The molecule has 0 spiro atoms. The lowest BCUT2D eigenvalue weighted by Gasteiger charge is -2.42. The van der Waals surface area contributed by atoms with Gasteiger partial charge in [0.2, 0.25) is 5.76 Å². The van der Waals surface area contributed by atoms with Crippen molar-refractivity contribution >= 4 is 17.8 Å². The molecule has 2 aromatic carbocycles. The molecule has 4 rings (SSSR count). The van der Waals surface area contributed by atoms with Gasteiger partial charge in [-0.3, -0.25) is 0 Å². The Labute approximate surface area is 211 Å². The molecule has 2 aliphatic heterocycles. The second-order valence-corrected chi connectivity index (χ2v) is 10.2. The minimum Gasteiger partial charge on any atom is -0.475 e. The summed E-state index contributed by atoms with van der Waals surface area (Å²) < 4.78 is 17.6. The molecular weight excluding hydrogens is 460 g/mol.